The number of nitrogens with zero attached hydrogens (tertiary/aromatic N) is 2. The SMILES string of the molecule is Cc1[nH]ncc1CNCC(=O)N1CCCc2ccccc21. The predicted octanol–water partition coefficient (Wildman–Crippen LogP) is 1.79. The molecule has 2 aromatic rings. The second kappa shape index (κ2) is 6.10. The molecular formula is C16H20N4O. The minimum absolute atomic E-state index is 0.128. The first-order valence-electron chi connectivity index (χ1n) is 7.33. The molecule has 3 rings (SSSR count). The molecule has 0 radical (unpaired) electrons. The molecule has 0 saturated heterocycles. The first-order chi connectivity index (χ1) is 10.3. The van der Waals surface area contributed by atoms with Crippen molar-refractivity contribution < 1.29 is 4.79 Å². The summed E-state index contributed by atoms with van der Waals surface area (Å²) < 4.78 is 0. The van der Waals surface area contributed by atoms with E-state index in [2.05, 4.69) is 21.6 Å². The number of benzene rings is 1. The molecule has 0 bridgehead atoms. The van der Waals surface area contributed by atoms with Crippen LogP contribution in [-0.4, -0.2) is 29.2 Å². The number of amides is 1. The van der Waals surface area contributed by atoms with Crippen LogP contribution >= 0.6 is 0 Å². The maximum absolute atomic E-state index is 12.4. The smallest absolute Gasteiger partial charge is 0.240 e. The number of hydrogen-bond acceptors (Lipinski definition) is 3. The molecule has 2 heterocycles. The average molecular weight is 284 g/mol. The summed E-state index contributed by atoms with van der Waals surface area (Å²) in [5.74, 6) is 0.128. The number of para-hydroxylation sites is 1. The fraction of sp³-hybridized carbons (Fsp3) is 0.375. The van der Waals surface area contributed by atoms with Crippen LogP contribution in [0.25, 0.3) is 0 Å². The second-order valence-electron chi connectivity index (χ2n) is 5.40. The molecule has 0 aliphatic carbocycles. The van der Waals surface area contributed by atoms with Crippen LogP contribution in [0, 0.1) is 6.92 Å². The molecule has 2 N–H and O–H groups in total. The molecule has 5 heteroatoms. The number of aromatic nitrogens is 2. The number of fused-ring (bicyclic) bond motifs is 1. The Morgan fingerprint density at radius 1 is 1.43 bits per heavy atom. The van der Waals surface area contributed by atoms with Crippen LogP contribution in [0.5, 0.6) is 0 Å². The summed E-state index contributed by atoms with van der Waals surface area (Å²) >= 11 is 0. The normalized spacial score (nSPS) is 14.0. The number of aromatic amines is 1. The molecule has 1 aliphatic rings. The lowest BCUT2D eigenvalue weighted by Crippen LogP contribution is -2.41. The standard InChI is InChI=1S/C16H20N4O/c1-12-14(10-18-19-12)9-17-11-16(21)20-8-4-6-13-5-2-3-7-15(13)20/h2-3,5,7,10,17H,4,6,8-9,11H2,1H3,(H,18,19). The van der Waals surface area contributed by atoms with E-state index in [0.717, 1.165) is 36.3 Å². The van der Waals surface area contributed by atoms with Gasteiger partial charge in [-0.05, 0) is 31.4 Å². The maximum atomic E-state index is 12.4. The van der Waals surface area contributed by atoms with Crippen molar-refractivity contribution in [1.29, 1.82) is 0 Å². The molecule has 0 unspecified atom stereocenters. The van der Waals surface area contributed by atoms with Crippen LogP contribution in [0.3, 0.4) is 0 Å². The van der Waals surface area contributed by atoms with Crippen LogP contribution in [0.4, 0.5) is 5.69 Å². The summed E-state index contributed by atoms with van der Waals surface area (Å²) in [6, 6.07) is 8.17. The highest BCUT2D eigenvalue weighted by atomic mass is 16.2. The van der Waals surface area contributed by atoms with E-state index in [1.807, 2.05) is 30.0 Å². The molecule has 0 atom stereocenters. The van der Waals surface area contributed by atoms with E-state index in [1.54, 1.807) is 6.20 Å². The van der Waals surface area contributed by atoms with Gasteiger partial charge in [-0.25, -0.2) is 0 Å². The van der Waals surface area contributed by atoms with Gasteiger partial charge in [0.05, 0.1) is 12.7 Å². The molecule has 0 spiro atoms. The number of anilines is 1. The number of hydrogen-bond donors (Lipinski definition) is 2. The Labute approximate surface area is 124 Å². The number of carbonyl (C=O) groups excluding carboxylic acids is 1. The minimum Gasteiger partial charge on any atom is -0.311 e. The molecule has 110 valence electrons. The number of aryl methyl sites for hydroxylation is 2. The van der Waals surface area contributed by atoms with Gasteiger partial charge in [0.15, 0.2) is 0 Å². The van der Waals surface area contributed by atoms with Gasteiger partial charge >= 0.3 is 0 Å². The molecule has 0 saturated carbocycles. The van der Waals surface area contributed by atoms with E-state index in [4.69, 9.17) is 0 Å². The number of carbonyl (C=O) groups is 1. The number of H-pyrrole nitrogens is 1. The lowest BCUT2D eigenvalue weighted by Gasteiger charge is -2.29. The monoisotopic (exact) mass is 284 g/mol. The Morgan fingerprint density at radius 2 is 2.29 bits per heavy atom. The van der Waals surface area contributed by atoms with Crippen molar-refractivity contribution >= 4 is 11.6 Å². The van der Waals surface area contributed by atoms with Crippen molar-refractivity contribution in [2.45, 2.75) is 26.3 Å². The first-order valence-corrected chi connectivity index (χ1v) is 7.33. The molecule has 5 nitrogen and oxygen atoms in total. The van der Waals surface area contributed by atoms with Crippen molar-refractivity contribution in [3.8, 4) is 0 Å². The van der Waals surface area contributed by atoms with E-state index < -0.39 is 0 Å². The molecule has 1 amide bonds. The Hall–Kier alpha value is -2.14. The highest BCUT2D eigenvalue weighted by Crippen LogP contribution is 2.26. The second-order valence-corrected chi connectivity index (χ2v) is 5.40. The first kappa shape index (κ1) is 13.8. The van der Waals surface area contributed by atoms with Gasteiger partial charge in [-0.15, -0.1) is 0 Å². The lowest BCUT2D eigenvalue weighted by atomic mass is 10.0. The fourth-order valence-corrected chi connectivity index (χ4v) is 2.75. The molecule has 1 aliphatic heterocycles. The average Bonchev–Trinajstić information content (AvgIpc) is 2.92. The summed E-state index contributed by atoms with van der Waals surface area (Å²) in [7, 11) is 0. The molecule has 1 aromatic heterocycles. The van der Waals surface area contributed by atoms with Crippen molar-refractivity contribution in [3.05, 3.63) is 47.3 Å². The van der Waals surface area contributed by atoms with Gasteiger partial charge in [-0.1, -0.05) is 18.2 Å². The lowest BCUT2D eigenvalue weighted by molar-refractivity contribution is -0.117. The third-order valence-corrected chi connectivity index (χ3v) is 3.94. The van der Waals surface area contributed by atoms with Gasteiger partial charge in [0.1, 0.15) is 0 Å². The largest absolute Gasteiger partial charge is 0.311 e. The molecule has 1 aromatic carbocycles. The topological polar surface area (TPSA) is 61.0 Å². The van der Waals surface area contributed by atoms with Gasteiger partial charge in [0.25, 0.3) is 0 Å². The summed E-state index contributed by atoms with van der Waals surface area (Å²) in [4.78, 5) is 14.3. The zero-order valence-electron chi connectivity index (χ0n) is 12.2. The van der Waals surface area contributed by atoms with Crippen molar-refractivity contribution in [3.63, 3.8) is 0 Å². The summed E-state index contributed by atoms with van der Waals surface area (Å²) in [6.45, 7) is 3.79. The van der Waals surface area contributed by atoms with Crippen LogP contribution in [0.1, 0.15) is 23.2 Å². The van der Waals surface area contributed by atoms with E-state index >= 15 is 0 Å². The molecule has 21 heavy (non-hydrogen) atoms. The fourth-order valence-electron chi connectivity index (χ4n) is 2.75. The molecular weight excluding hydrogens is 264 g/mol. The predicted molar refractivity (Wildman–Crippen MR) is 82.1 cm³/mol. The number of nitrogens with one attached hydrogen (secondary N) is 2. The third kappa shape index (κ3) is 2.97. The van der Waals surface area contributed by atoms with Crippen LogP contribution in [-0.2, 0) is 17.8 Å². The van der Waals surface area contributed by atoms with E-state index in [-0.39, 0.29) is 5.91 Å². The van der Waals surface area contributed by atoms with Gasteiger partial charge < -0.3 is 10.2 Å². The van der Waals surface area contributed by atoms with E-state index in [0.29, 0.717) is 13.1 Å². The Kier molecular flexibility index (Phi) is 4.01. The summed E-state index contributed by atoms with van der Waals surface area (Å²) in [6.07, 6.45) is 3.88. The van der Waals surface area contributed by atoms with Gasteiger partial charge in [-0.3, -0.25) is 9.89 Å². The van der Waals surface area contributed by atoms with Crippen molar-refractivity contribution in [2.75, 3.05) is 18.0 Å². The highest BCUT2D eigenvalue weighted by Gasteiger charge is 2.21. The van der Waals surface area contributed by atoms with Crippen LogP contribution in [0.15, 0.2) is 30.5 Å². The van der Waals surface area contributed by atoms with Gasteiger partial charge in [0.2, 0.25) is 5.91 Å². The Morgan fingerprint density at radius 3 is 3.10 bits per heavy atom. The minimum atomic E-state index is 0.128. The quantitative estimate of drug-likeness (QED) is 0.900. The summed E-state index contributed by atoms with van der Waals surface area (Å²) in [5, 5.41) is 10.1. The van der Waals surface area contributed by atoms with Gasteiger partial charge in [0, 0.05) is 30.0 Å². The van der Waals surface area contributed by atoms with Crippen LogP contribution < -0.4 is 10.2 Å². The number of rotatable bonds is 4. The van der Waals surface area contributed by atoms with Crippen molar-refractivity contribution in [1.82, 2.24) is 15.5 Å². The van der Waals surface area contributed by atoms with Gasteiger partial charge in [-0.2, -0.15) is 5.10 Å². The highest BCUT2D eigenvalue weighted by molar-refractivity contribution is 5.95. The Bertz CT molecular complexity index is 635. The summed E-state index contributed by atoms with van der Waals surface area (Å²) in [5.41, 5.74) is 4.47. The third-order valence-electron chi connectivity index (χ3n) is 3.94. The van der Waals surface area contributed by atoms with E-state index in [1.165, 1.54) is 5.56 Å². The molecule has 0 fully saturated rings. The zero-order valence-corrected chi connectivity index (χ0v) is 12.2. The van der Waals surface area contributed by atoms with Crippen LogP contribution in [0.2, 0.25) is 0 Å². The zero-order chi connectivity index (χ0) is 14.7. The van der Waals surface area contributed by atoms with E-state index in [9.17, 15) is 4.79 Å². The Balaban J connectivity index is 1.60. The van der Waals surface area contributed by atoms with Crippen molar-refractivity contribution in [2.24, 2.45) is 0 Å². The maximum Gasteiger partial charge on any atom is 0.240 e.